The SMILES string of the molecule is CCCOc1cc(N(C)CC(C)CNC)ncn1. The van der Waals surface area contributed by atoms with E-state index in [0.717, 1.165) is 25.3 Å². The normalized spacial score (nSPS) is 12.2. The summed E-state index contributed by atoms with van der Waals surface area (Å²) in [6, 6.07) is 1.89. The first-order chi connectivity index (χ1) is 8.67. The van der Waals surface area contributed by atoms with E-state index in [1.54, 1.807) is 6.33 Å². The van der Waals surface area contributed by atoms with E-state index >= 15 is 0 Å². The fraction of sp³-hybridized carbons (Fsp3) is 0.692. The topological polar surface area (TPSA) is 50.3 Å². The second-order valence-electron chi connectivity index (χ2n) is 4.61. The van der Waals surface area contributed by atoms with E-state index in [9.17, 15) is 0 Å². The third-order valence-electron chi connectivity index (χ3n) is 2.61. The van der Waals surface area contributed by atoms with Gasteiger partial charge in [0.15, 0.2) is 0 Å². The molecule has 5 heteroatoms. The highest BCUT2D eigenvalue weighted by molar-refractivity contribution is 5.39. The van der Waals surface area contributed by atoms with Crippen LogP contribution < -0.4 is 15.0 Å². The largest absolute Gasteiger partial charge is 0.478 e. The first-order valence-electron chi connectivity index (χ1n) is 6.48. The minimum absolute atomic E-state index is 0.565. The number of nitrogens with zero attached hydrogens (tertiary/aromatic N) is 3. The van der Waals surface area contributed by atoms with Gasteiger partial charge in [0.1, 0.15) is 12.1 Å². The van der Waals surface area contributed by atoms with Crippen molar-refractivity contribution in [3.63, 3.8) is 0 Å². The highest BCUT2D eigenvalue weighted by Crippen LogP contribution is 2.15. The third kappa shape index (κ3) is 4.87. The minimum atomic E-state index is 0.565. The molecule has 102 valence electrons. The van der Waals surface area contributed by atoms with E-state index < -0.39 is 0 Å². The van der Waals surface area contributed by atoms with Crippen LogP contribution in [0.25, 0.3) is 0 Å². The van der Waals surface area contributed by atoms with Crippen LogP contribution in [-0.4, -0.2) is 43.8 Å². The van der Waals surface area contributed by atoms with Gasteiger partial charge in [-0.1, -0.05) is 13.8 Å². The number of aromatic nitrogens is 2. The van der Waals surface area contributed by atoms with Gasteiger partial charge in [0.05, 0.1) is 6.61 Å². The van der Waals surface area contributed by atoms with Crippen molar-refractivity contribution in [1.82, 2.24) is 15.3 Å². The van der Waals surface area contributed by atoms with Crippen LogP contribution in [0, 0.1) is 5.92 Å². The lowest BCUT2D eigenvalue weighted by atomic mass is 10.1. The van der Waals surface area contributed by atoms with Crippen molar-refractivity contribution >= 4 is 5.82 Å². The summed E-state index contributed by atoms with van der Waals surface area (Å²) in [6.07, 6.45) is 2.54. The summed E-state index contributed by atoms with van der Waals surface area (Å²) in [5.41, 5.74) is 0. The van der Waals surface area contributed by atoms with Crippen molar-refractivity contribution in [3.05, 3.63) is 12.4 Å². The molecule has 0 spiro atoms. The molecule has 0 aromatic carbocycles. The molecule has 1 rings (SSSR count). The molecule has 18 heavy (non-hydrogen) atoms. The lowest BCUT2D eigenvalue weighted by Crippen LogP contribution is -2.30. The molecule has 1 aromatic rings. The molecule has 0 saturated heterocycles. The van der Waals surface area contributed by atoms with Gasteiger partial charge in [0.2, 0.25) is 5.88 Å². The molecule has 0 fully saturated rings. The highest BCUT2D eigenvalue weighted by Gasteiger charge is 2.09. The molecule has 0 aliphatic carbocycles. The highest BCUT2D eigenvalue weighted by atomic mass is 16.5. The molecule has 1 aromatic heterocycles. The van der Waals surface area contributed by atoms with Crippen LogP contribution in [0.3, 0.4) is 0 Å². The Morgan fingerprint density at radius 2 is 2.22 bits per heavy atom. The fourth-order valence-corrected chi connectivity index (χ4v) is 1.80. The zero-order valence-electron chi connectivity index (χ0n) is 11.8. The fourth-order valence-electron chi connectivity index (χ4n) is 1.80. The predicted octanol–water partition coefficient (Wildman–Crippen LogP) is 1.56. The predicted molar refractivity (Wildman–Crippen MR) is 74.2 cm³/mol. The third-order valence-corrected chi connectivity index (χ3v) is 2.61. The van der Waals surface area contributed by atoms with Crippen molar-refractivity contribution in [2.24, 2.45) is 5.92 Å². The Bertz CT molecular complexity index is 346. The summed E-state index contributed by atoms with van der Waals surface area (Å²) < 4.78 is 5.51. The molecule has 0 saturated carbocycles. The van der Waals surface area contributed by atoms with Crippen LogP contribution in [0.2, 0.25) is 0 Å². The van der Waals surface area contributed by atoms with Crippen LogP contribution in [0.15, 0.2) is 12.4 Å². The summed E-state index contributed by atoms with van der Waals surface area (Å²) in [7, 11) is 4.01. The first kappa shape index (κ1) is 14.7. The number of hydrogen-bond acceptors (Lipinski definition) is 5. The maximum Gasteiger partial charge on any atom is 0.218 e. The summed E-state index contributed by atoms with van der Waals surface area (Å²) in [6.45, 7) is 6.92. The van der Waals surface area contributed by atoms with Crippen LogP contribution in [0.5, 0.6) is 5.88 Å². The Labute approximate surface area is 110 Å². The average Bonchev–Trinajstić information content (AvgIpc) is 2.37. The van der Waals surface area contributed by atoms with E-state index in [2.05, 4.69) is 34.0 Å². The molecule has 1 atom stereocenters. The monoisotopic (exact) mass is 252 g/mol. The standard InChI is InChI=1S/C13H24N4O/c1-5-6-18-13-7-12(15-10-16-13)17(4)9-11(2)8-14-3/h7,10-11,14H,5-6,8-9H2,1-4H3. The van der Waals surface area contributed by atoms with E-state index in [0.29, 0.717) is 18.4 Å². The van der Waals surface area contributed by atoms with Gasteiger partial charge in [-0.15, -0.1) is 0 Å². The Hall–Kier alpha value is -1.36. The summed E-state index contributed by atoms with van der Waals surface area (Å²) in [5.74, 6) is 2.11. The molecule has 1 N–H and O–H groups in total. The first-order valence-corrected chi connectivity index (χ1v) is 6.48. The molecule has 0 amide bonds. The number of nitrogens with one attached hydrogen (secondary N) is 1. The van der Waals surface area contributed by atoms with Crippen LogP contribution in [0.4, 0.5) is 5.82 Å². The zero-order valence-corrected chi connectivity index (χ0v) is 11.8. The quantitative estimate of drug-likeness (QED) is 0.761. The van der Waals surface area contributed by atoms with Gasteiger partial charge >= 0.3 is 0 Å². The molecule has 0 radical (unpaired) electrons. The second kappa shape index (κ2) is 7.87. The van der Waals surface area contributed by atoms with Gasteiger partial charge in [-0.25, -0.2) is 9.97 Å². The molecular weight excluding hydrogens is 228 g/mol. The Morgan fingerprint density at radius 3 is 2.89 bits per heavy atom. The second-order valence-corrected chi connectivity index (χ2v) is 4.61. The van der Waals surface area contributed by atoms with Gasteiger partial charge < -0.3 is 15.0 Å². The van der Waals surface area contributed by atoms with Gasteiger partial charge in [-0.2, -0.15) is 0 Å². The smallest absolute Gasteiger partial charge is 0.218 e. The molecule has 0 aliphatic heterocycles. The van der Waals surface area contributed by atoms with Crippen LogP contribution in [0.1, 0.15) is 20.3 Å². The van der Waals surface area contributed by atoms with E-state index in [1.807, 2.05) is 20.2 Å². The molecule has 0 bridgehead atoms. The average molecular weight is 252 g/mol. The minimum Gasteiger partial charge on any atom is -0.478 e. The van der Waals surface area contributed by atoms with Crippen molar-refractivity contribution in [2.75, 3.05) is 38.7 Å². The number of ether oxygens (including phenoxy) is 1. The Balaban J connectivity index is 2.58. The molecule has 1 heterocycles. The van der Waals surface area contributed by atoms with E-state index in [-0.39, 0.29) is 0 Å². The Morgan fingerprint density at radius 1 is 1.44 bits per heavy atom. The zero-order chi connectivity index (χ0) is 13.4. The lowest BCUT2D eigenvalue weighted by molar-refractivity contribution is 0.304. The van der Waals surface area contributed by atoms with Crippen LogP contribution >= 0.6 is 0 Å². The molecule has 1 unspecified atom stereocenters. The molecule has 0 aliphatic rings. The van der Waals surface area contributed by atoms with Gasteiger partial charge in [-0.3, -0.25) is 0 Å². The van der Waals surface area contributed by atoms with Crippen molar-refractivity contribution in [1.29, 1.82) is 0 Å². The van der Waals surface area contributed by atoms with Gasteiger partial charge in [0.25, 0.3) is 0 Å². The van der Waals surface area contributed by atoms with E-state index in [1.165, 1.54) is 0 Å². The molecule has 5 nitrogen and oxygen atoms in total. The molecular formula is C13H24N4O. The summed E-state index contributed by atoms with van der Waals surface area (Å²) >= 11 is 0. The van der Waals surface area contributed by atoms with Crippen molar-refractivity contribution in [2.45, 2.75) is 20.3 Å². The number of anilines is 1. The maximum atomic E-state index is 5.51. The van der Waals surface area contributed by atoms with Crippen molar-refractivity contribution < 1.29 is 4.74 Å². The van der Waals surface area contributed by atoms with Gasteiger partial charge in [0, 0.05) is 19.7 Å². The summed E-state index contributed by atoms with van der Waals surface area (Å²) in [5, 5.41) is 3.18. The van der Waals surface area contributed by atoms with Crippen molar-refractivity contribution in [3.8, 4) is 5.88 Å². The Kier molecular flexibility index (Phi) is 6.43. The van der Waals surface area contributed by atoms with Crippen LogP contribution in [-0.2, 0) is 0 Å². The lowest BCUT2D eigenvalue weighted by Gasteiger charge is -2.22. The summed E-state index contributed by atoms with van der Waals surface area (Å²) in [4.78, 5) is 10.5. The number of hydrogen-bond donors (Lipinski definition) is 1. The van der Waals surface area contributed by atoms with E-state index in [4.69, 9.17) is 4.74 Å². The number of rotatable bonds is 8. The van der Waals surface area contributed by atoms with Gasteiger partial charge in [-0.05, 0) is 25.9 Å². The maximum absolute atomic E-state index is 5.51.